The Morgan fingerprint density at radius 1 is 1.17 bits per heavy atom. The molecule has 0 saturated carbocycles. The third-order valence-corrected chi connectivity index (χ3v) is 4.03. The van der Waals surface area contributed by atoms with Gasteiger partial charge in [0.25, 0.3) is 5.91 Å². The number of aryl methyl sites for hydroxylation is 1. The number of aromatic amines is 1. The number of hydrogen-bond acceptors (Lipinski definition) is 2. The van der Waals surface area contributed by atoms with Gasteiger partial charge in [-0.3, -0.25) is 9.59 Å². The average molecular weight is 312 g/mol. The maximum absolute atomic E-state index is 12.4. The topological polar surface area (TPSA) is 62.0 Å². The van der Waals surface area contributed by atoms with Gasteiger partial charge in [-0.15, -0.1) is 0 Å². The lowest BCUT2D eigenvalue weighted by atomic mass is 9.94. The van der Waals surface area contributed by atoms with Crippen LogP contribution in [0.3, 0.4) is 0 Å². The Morgan fingerprint density at radius 3 is 2.30 bits per heavy atom. The lowest BCUT2D eigenvalue weighted by molar-refractivity contribution is 0.0921. The van der Waals surface area contributed by atoms with Gasteiger partial charge in [0.15, 0.2) is 5.78 Å². The lowest BCUT2D eigenvalue weighted by Crippen LogP contribution is -2.32. The molecule has 2 aromatic rings. The van der Waals surface area contributed by atoms with Crippen molar-refractivity contribution in [1.82, 2.24) is 10.3 Å². The number of carbonyl (C=O) groups excluding carboxylic acids is 2. The van der Waals surface area contributed by atoms with Gasteiger partial charge < -0.3 is 10.3 Å². The summed E-state index contributed by atoms with van der Waals surface area (Å²) in [7, 11) is 0. The Bertz CT molecular complexity index is 684. The summed E-state index contributed by atoms with van der Waals surface area (Å²) in [6, 6.07) is 9.85. The van der Waals surface area contributed by atoms with Crippen molar-refractivity contribution in [3.8, 4) is 0 Å². The van der Waals surface area contributed by atoms with Crippen molar-refractivity contribution < 1.29 is 9.59 Å². The van der Waals surface area contributed by atoms with Gasteiger partial charge in [0.2, 0.25) is 0 Å². The molecule has 0 aliphatic heterocycles. The summed E-state index contributed by atoms with van der Waals surface area (Å²) in [6.45, 7) is 7.76. The van der Waals surface area contributed by atoms with Crippen molar-refractivity contribution in [2.24, 2.45) is 5.92 Å². The Kier molecular flexibility index (Phi) is 5.37. The van der Waals surface area contributed by atoms with Crippen LogP contribution < -0.4 is 5.32 Å². The maximum atomic E-state index is 12.4. The molecule has 122 valence electrons. The second kappa shape index (κ2) is 7.27. The van der Waals surface area contributed by atoms with Gasteiger partial charge in [0.1, 0.15) is 5.69 Å². The first-order valence-electron chi connectivity index (χ1n) is 8.01. The fourth-order valence-electron chi connectivity index (χ4n) is 2.54. The SMILES string of the molecule is CCc1ccc([C@@H](NC(=O)c2cc(C(C)=O)c[nH]2)C(C)C)cc1. The predicted octanol–water partition coefficient (Wildman–Crippen LogP) is 3.91. The molecule has 1 aromatic carbocycles. The number of nitrogens with one attached hydrogen (secondary N) is 2. The molecule has 23 heavy (non-hydrogen) atoms. The van der Waals surface area contributed by atoms with Gasteiger partial charge in [-0.25, -0.2) is 0 Å². The minimum atomic E-state index is -0.198. The normalized spacial score (nSPS) is 12.2. The number of benzene rings is 1. The largest absolute Gasteiger partial charge is 0.356 e. The van der Waals surface area contributed by atoms with E-state index >= 15 is 0 Å². The highest BCUT2D eigenvalue weighted by Crippen LogP contribution is 2.23. The smallest absolute Gasteiger partial charge is 0.268 e. The van der Waals surface area contributed by atoms with E-state index in [-0.39, 0.29) is 23.7 Å². The average Bonchev–Trinajstić information content (AvgIpc) is 3.02. The summed E-state index contributed by atoms with van der Waals surface area (Å²) in [6.07, 6.45) is 2.56. The summed E-state index contributed by atoms with van der Waals surface area (Å²) < 4.78 is 0. The highest BCUT2D eigenvalue weighted by atomic mass is 16.2. The number of H-pyrrole nitrogens is 1. The van der Waals surface area contributed by atoms with Crippen LogP contribution in [-0.4, -0.2) is 16.7 Å². The fraction of sp³-hybridized carbons (Fsp3) is 0.368. The van der Waals surface area contributed by atoms with Crippen LogP contribution in [0.15, 0.2) is 36.5 Å². The number of rotatable bonds is 6. The first kappa shape index (κ1) is 17.0. The van der Waals surface area contributed by atoms with Gasteiger partial charge in [-0.05, 0) is 36.5 Å². The van der Waals surface area contributed by atoms with Crippen molar-refractivity contribution in [3.63, 3.8) is 0 Å². The molecule has 0 aliphatic carbocycles. The summed E-state index contributed by atoms with van der Waals surface area (Å²) in [4.78, 5) is 26.6. The molecule has 0 fully saturated rings. The Labute approximate surface area is 137 Å². The van der Waals surface area contributed by atoms with E-state index in [1.54, 1.807) is 12.3 Å². The van der Waals surface area contributed by atoms with Crippen molar-refractivity contribution in [2.75, 3.05) is 0 Å². The van der Waals surface area contributed by atoms with Crippen LogP contribution in [0.2, 0.25) is 0 Å². The monoisotopic (exact) mass is 312 g/mol. The molecule has 2 N–H and O–H groups in total. The third-order valence-electron chi connectivity index (χ3n) is 4.03. The van der Waals surface area contributed by atoms with E-state index in [9.17, 15) is 9.59 Å². The van der Waals surface area contributed by atoms with Gasteiger partial charge in [-0.2, -0.15) is 0 Å². The van der Waals surface area contributed by atoms with Crippen molar-refractivity contribution in [1.29, 1.82) is 0 Å². The third kappa shape index (κ3) is 4.09. The van der Waals surface area contributed by atoms with Crippen LogP contribution in [0.4, 0.5) is 0 Å². The highest BCUT2D eigenvalue weighted by molar-refractivity contribution is 5.99. The summed E-state index contributed by atoms with van der Waals surface area (Å²) in [5.74, 6) is 0.000276. The summed E-state index contributed by atoms with van der Waals surface area (Å²) in [5, 5.41) is 3.06. The molecule has 4 heteroatoms. The first-order valence-corrected chi connectivity index (χ1v) is 8.01. The number of ketones is 1. The van der Waals surface area contributed by atoms with Gasteiger partial charge in [0.05, 0.1) is 6.04 Å². The van der Waals surface area contributed by atoms with Crippen LogP contribution in [0.5, 0.6) is 0 Å². The van der Waals surface area contributed by atoms with E-state index in [2.05, 4.69) is 55.3 Å². The Balaban J connectivity index is 2.17. The molecule has 0 aliphatic rings. The molecule has 1 aromatic heterocycles. The Morgan fingerprint density at radius 2 is 1.83 bits per heavy atom. The van der Waals surface area contributed by atoms with Crippen LogP contribution in [0.25, 0.3) is 0 Å². The highest BCUT2D eigenvalue weighted by Gasteiger charge is 2.20. The lowest BCUT2D eigenvalue weighted by Gasteiger charge is -2.23. The zero-order valence-electron chi connectivity index (χ0n) is 14.1. The molecule has 0 saturated heterocycles. The van der Waals surface area contributed by atoms with E-state index in [0.29, 0.717) is 11.3 Å². The second-order valence-electron chi connectivity index (χ2n) is 6.15. The standard InChI is InChI=1S/C19H24N2O2/c1-5-14-6-8-15(9-7-14)18(12(2)3)21-19(23)17-10-16(11-20-17)13(4)22/h6-12,18,20H,5H2,1-4H3,(H,21,23)/t18-/m0/s1. The number of Topliss-reactive ketones (excluding diaryl/α,β-unsaturated/α-hetero) is 1. The molecular formula is C19H24N2O2. The first-order chi connectivity index (χ1) is 10.9. The molecule has 0 spiro atoms. The molecular weight excluding hydrogens is 288 g/mol. The van der Waals surface area contributed by atoms with Crippen molar-refractivity contribution in [2.45, 2.75) is 40.2 Å². The second-order valence-corrected chi connectivity index (χ2v) is 6.15. The van der Waals surface area contributed by atoms with Crippen molar-refractivity contribution >= 4 is 11.7 Å². The van der Waals surface area contributed by atoms with Gasteiger partial charge in [-0.1, -0.05) is 45.0 Å². The molecule has 2 rings (SSSR count). The van der Waals surface area contributed by atoms with Gasteiger partial charge >= 0.3 is 0 Å². The number of amides is 1. The zero-order valence-corrected chi connectivity index (χ0v) is 14.1. The molecule has 0 radical (unpaired) electrons. The number of hydrogen-bond donors (Lipinski definition) is 2. The number of aromatic nitrogens is 1. The van der Waals surface area contributed by atoms with E-state index < -0.39 is 0 Å². The molecule has 4 nitrogen and oxygen atoms in total. The van der Waals surface area contributed by atoms with E-state index in [4.69, 9.17) is 0 Å². The van der Waals surface area contributed by atoms with Crippen LogP contribution in [0, 0.1) is 5.92 Å². The van der Waals surface area contributed by atoms with Crippen LogP contribution >= 0.6 is 0 Å². The van der Waals surface area contributed by atoms with Gasteiger partial charge in [0, 0.05) is 11.8 Å². The predicted molar refractivity (Wildman–Crippen MR) is 91.7 cm³/mol. The maximum Gasteiger partial charge on any atom is 0.268 e. The summed E-state index contributed by atoms with van der Waals surface area (Å²) in [5.41, 5.74) is 3.29. The van der Waals surface area contributed by atoms with E-state index in [0.717, 1.165) is 12.0 Å². The molecule has 1 amide bonds. The molecule has 1 heterocycles. The van der Waals surface area contributed by atoms with Crippen LogP contribution in [-0.2, 0) is 6.42 Å². The van der Waals surface area contributed by atoms with E-state index in [1.807, 2.05) is 0 Å². The van der Waals surface area contributed by atoms with E-state index in [1.165, 1.54) is 12.5 Å². The van der Waals surface area contributed by atoms with Crippen molar-refractivity contribution in [3.05, 3.63) is 58.9 Å². The minimum absolute atomic E-state index is 0.0594. The quantitative estimate of drug-likeness (QED) is 0.794. The molecule has 0 bridgehead atoms. The molecule has 0 unspecified atom stereocenters. The summed E-state index contributed by atoms with van der Waals surface area (Å²) >= 11 is 0. The zero-order chi connectivity index (χ0) is 17.0. The van der Waals surface area contributed by atoms with Crippen LogP contribution in [0.1, 0.15) is 65.7 Å². The molecule has 1 atom stereocenters. The number of carbonyl (C=O) groups is 2. The minimum Gasteiger partial charge on any atom is -0.356 e. The fourth-order valence-corrected chi connectivity index (χ4v) is 2.54. The Hall–Kier alpha value is -2.36.